The summed E-state index contributed by atoms with van der Waals surface area (Å²) in [7, 11) is 0. The summed E-state index contributed by atoms with van der Waals surface area (Å²) in [6.45, 7) is 5.89. The predicted molar refractivity (Wildman–Crippen MR) is 88.3 cm³/mol. The minimum Gasteiger partial charge on any atom is -0.398 e. The highest BCUT2D eigenvalue weighted by Crippen LogP contribution is 2.26. The molecule has 0 atom stereocenters. The molecule has 0 fully saturated rings. The third-order valence-corrected chi connectivity index (χ3v) is 3.85. The van der Waals surface area contributed by atoms with Crippen LogP contribution >= 0.6 is 0 Å². The van der Waals surface area contributed by atoms with Crippen LogP contribution in [0.3, 0.4) is 0 Å². The number of carbonyl (C=O) groups excluding carboxylic acids is 1. The molecule has 0 saturated carbocycles. The van der Waals surface area contributed by atoms with Crippen molar-refractivity contribution < 1.29 is 4.79 Å². The number of hydrogen-bond acceptors (Lipinski definition) is 2. The summed E-state index contributed by atoms with van der Waals surface area (Å²) in [6.07, 6.45) is 0.884. The molecule has 0 aromatic heterocycles. The van der Waals surface area contributed by atoms with Gasteiger partial charge in [-0.2, -0.15) is 0 Å². The number of benzene rings is 2. The molecule has 3 heteroatoms. The lowest BCUT2D eigenvalue weighted by molar-refractivity contribution is -0.120. The Morgan fingerprint density at radius 1 is 1.14 bits per heavy atom. The maximum atomic E-state index is 12.5. The Morgan fingerprint density at radius 3 is 2.38 bits per heavy atom. The van der Waals surface area contributed by atoms with Crippen LogP contribution in [0, 0.1) is 0 Å². The van der Waals surface area contributed by atoms with E-state index in [2.05, 4.69) is 12.2 Å². The zero-order valence-electron chi connectivity index (χ0n) is 12.8. The number of nitrogen functional groups attached to an aromatic ring is 1. The van der Waals surface area contributed by atoms with Gasteiger partial charge in [-0.1, -0.05) is 43.3 Å². The van der Waals surface area contributed by atoms with E-state index in [0.717, 1.165) is 23.2 Å². The highest BCUT2D eigenvalue weighted by atomic mass is 16.2. The predicted octanol–water partition coefficient (Wildman–Crippen LogP) is 3.75. The summed E-state index contributed by atoms with van der Waals surface area (Å²) >= 11 is 0. The molecule has 0 spiro atoms. The molecule has 0 radical (unpaired) electrons. The van der Waals surface area contributed by atoms with Crippen LogP contribution in [0.1, 0.15) is 31.9 Å². The molecule has 0 bridgehead atoms. The van der Waals surface area contributed by atoms with E-state index in [1.807, 2.05) is 62.4 Å². The highest BCUT2D eigenvalue weighted by Gasteiger charge is 2.29. The van der Waals surface area contributed by atoms with Gasteiger partial charge >= 0.3 is 0 Å². The largest absolute Gasteiger partial charge is 0.398 e. The SMILES string of the molecule is CCc1ccc(NC(=O)C(C)(C)c2ccccc2)cc1N. The number of aryl methyl sites for hydroxylation is 1. The molecular formula is C18H22N2O. The number of rotatable bonds is 4. The first-order valence-electron chi connectivity index (χ1n) is 7.20. The van der Waals surface area contributed by atoms with Gasteiger partial charge in [-0.3, -0.25) is 4.79 Å². The monoisotopic (exact) mass is 282 g/mol. The van der Waals surface area contributed by atoms with Crippen molar-refractivity contribution in [1.82, 2.24) is 0 Å². The van der Waals surface area contributed by atoms with E-state index in [0.29, 0.717) is 5.69 Å². The molecule has 2 aromatic carbocycles. The van der Waals surface area contributed by atoms with E-state index in [4.69, 9.17) is 5.73 Å². The summed E-state index contributed by atoms with van der Waals surface area (Å²) < 4.78 is 0. The van der Waals surface area contributed by atoms with Crippen molar-refractivity contribution in [3.05, 3.63) is 59.7 Å². The Kier molecular flexibility index (Phi) is 4.32. The fraction of sp³-hybridized carbons (Fsp3) is 0.278. The summed E-state index contributed by atoms with van der Waals surface area (Å²) in [5.41, 5.74) is 8.91. The van der Waals surface area contributed by atoms with Gasteiger partial charge in [0.05, 0.1) is 5.41 Å². The third-order valence-electron chi connectivity index (χ3n) is 3.85. The Bertz CT molecular complexity index is 633. The average Bonchev–Trinajstić information content (AvgIpc) is 2.48. The molecule has 0 unspecified atom stereocenters. The van der Waals surface area contributed by atoms with Crippen molar-refractivity contribution in [2.45, 2.75) is 32.6 Å². The molecule has 3 N–H and O–H groups in total. The maximum Gasteiger partial charge on any atom is 0.234 e. The van der Waals surface area contributed by atoms with Crippen molar-refractivity contribution in [1.29, 1.82) is 0 Å². The van der Waals surface area contributed by atoms with Gasteiger partial charge in [0.2, 0.25) is 5.91 Å². The topological polar surface area (TPSA) is 55.1 Å². The van der Waals surface area contributed by atoms with Crippen LogP contribution in [0.5, 0.6) is 0 Å². The highest BCUT2D eigenvalue weighted by molar-refractivity contribution is 5.98. The minimum absolute atomic E-state index is 0.0441. The molecular weight excluding hydrogens is 260 g/mol. The van der Waals surface area contributed by atoms with Crippen LogP contribution in [0.25, 0.3) is 0 Å². The molecule has 2 rings (SSSR count). The normalized spacial score (nSPS) is 11.2. The molecule has 1 amide bonds. The van der Waals surface area contributed by atoms with Gasteiger partial charge < -0.3 is 11.1 Å². The van der Waals surface area contributed by atoms with Crippen molar-refractivity contribution >= 4 is 17.3 Å². The second kappa shape index (κ2) is 6.00. The molecule has 3 nitrogen and oxygen atoms in total. The lowest BCUT2D eigenvalue weighted by atomic mass is 9.83. The molecule has 21 heavy (non-hydrogen) atoms. The van der Waals surface area contributed by atoms with Crippen LogP contribution in [0.15, 0.2) is 48.5 Å². The summed E-state index contributed by atoms with van der Waals surface area (Å²) in [6, 6.07) is 15.4. The number of nitrogens with two attached hydrogens (primary N) is 1. The van der Waals surface area contributed by atoms with E-state index in [1.165, 1.54) is 0 Å². The number of amides is 1. The fourth-order valence-electron chi connectivity index (χ4n) is 2.27. The number of nitrogens with one attached hydrogen (secondary N) is 1. The Balaban J connectivity index is 2.19. The third kappa shape index (κ3) is 3.24. The van der Waals surface area contributed by atoms with Crippen LogP contribution < -0.4 is 11.1 Å². The zero-order chi connectivity index (χ0) is 15.5. The van der Waals surface area contributed by atoms with Crippen LogP contribution in [0.2, 0.25) is 0 Å². The van der Waals surface area contributed by atoms with E-state index in [9.17, 15) is 4.79 Å². The first-order valence-corrected chi connectivity index (χ1v) is 7.20. The molecule has 0 aliphatic carbocycles. The van der Waals surface area contributed by atoms with Gasteiger partial charge in [-0.05, 0) is 43.5 Å². The van der Waals surface area contributed by atoms with Crippen LogP contribution in [-0.2, 0) is 16.6 Å². The van der Waals surface area contributed by atoms with Crippen LogP contribution in [-0.4, -0.2) is 5.91 Å². The summed E-state index contributed by atoms with van der Waals surface area (Å²) in [5, 5.41) is 2.95. The van der Waals surface area contributed by atoms with Crippen LogP contribution in [0.4, 0.5) is 11.4 Å². The van der Waals surface area contributed by atoms with E-state index in [-0.39, 0.29) is 5.91 Å². The molecule has 0 aliphatic heterocycles. The smallest absolute Gasteiger partial charge is 0.234 e. The fourth-order valence-corrected chi connectivity index (χ4v) is 2.27. The summed E-state index contributed by atoms with van der Waals surface area (Å²) in [5.74, 6) is -0.0441. The molecule has 0 aliphatic rings. The Morgan fingerprint density at radius 2 is 1.81 bits per heavy atom. The summed E-state index contributed by atoms with van der Waals surface area (Å²) in [4.78, 5) is 12.5. The van der Waals surface area contributed by atoms with E-state index >= 15 is 0 Å². The lowest BCUT2D eigenvalue weighted by Crippen LogP contribution is -2.34. The van der Waals surface area contributed by atoms with Gasteiger partial charge in [0.25, 0.3) is 0 Å². The number of carbonyl (C=O) groups is 1. The Hall–Kier alpha value is -2.29. The number of hydrogen-bond donors (Lipinski definition) is 2. The second-order valence-corrected chi connectivity index (χ2v) is 5.71. The van der Waals surface area contributed by atoms with Gasteiger partial charge in [0, 0.05) is 11.4 Å². The standard InChI is InChI=1S/C18H22N2O/c1-4-13-10-11-15(12-16(13)19)20-17(21)18(2,3)14-8-6-5-7-9-14/h5-12H,4,19H2,1-3H3,(H,20,21). The van der Waals surface area contributed by atoms with Crippen molar-refractivity contribution in [2.75, 3.05) is 11.1 Å². The first kappa shape index (κ1) is 15.1. The average molecular weight is 282 g/mol. The van der Waals surface area contributed by atoms with Gasteiger partial charge in [-0.25, -0.2) is 0 Å². The van der Waals surface area contributed by atoms with Gasteiger partial charge in [0.15, 0.2) is 0 Å². The van der Waals surface area contributed by atoms with Crippen molar-refractivity contribution in [3.63, 3.8) is 0 Å². The lowest BCUT2D eigenvalue weighted by Gasteiger charge is -2.24. The van der Waals surface area contributed by atoms with Crippen molar-refractivity contribution in [3.8, 4) is 0 Å². The maximum absolute atomic E-state index is 12.5. The van der Waals surface area contributed by atoms with Gasteiger partial charge in [0.1, 0.15) is 0 Å². The number of anilines is 2. The second-order valence-electron chi connectivity index (χ2n) is 5.71. The molecule has 110 valence electrons. The van der Waals surface area contributed by atoms with E-state index in [1.54, 1.807) is 0 Å². The minimum atomic E-state index is -0.598. The molecule has 2 aromatic rings. The quantitative estimate of drug-likeness (QED) is 0.839. The van der Waals surface area contributed by atoms with Crippen molar-refractivity contribution in [2.24, 2.45) is 0 Å². The van der Waals surface area contributed by atoms with E-state index < -0.39 is 5.41 Å². The molecule has 0 heterocycles. The first-order chi connectivity index (χ1) is 9.95. The Labute approximate surface area is 126 Å². The molecule has 0 saturated heterocycles. The zero-order valence-corrected chi connectivity index (χ0v) is 12.8. The van der Waals surface area contributed by atoms with Gasteiger partial charge in [-0.15, -0.1) is 0 Å².